The normalized spacial score (nSPS) is 14.9. The molecule has 2 aromatic carbocycles. The first kappa shape index (κ1) is 59.4. The molecule has 0 atom stereocenters. The van der Waals surface area contributed by atoms with E-state index >= 15 is 0 Å². The Hall–Kier alpha value is -6.70. The maximum Gasteiger partial charge on any atom is 0.327 e. The Kier molecular flexibility index (Phi) is 22.9. The molecule has 80 heavy (non-hydrogen) atoms. The highest BCUT2D eigenvalue weighted by molar-refractivity contribution is 5.82. The van der Waals surface area contributed by atoms with Gasteiger partial charge in [-0.05, 0) is 100 Å². The highest BCUT2D eigenvalue weighted by atomic mass is 16.6. The number of hydrogen-bond donors (Lipinski definition) is 4. The zero-order chi connectivity index (χ0) is 56.1. The lowest BCUT2D eigenvalue weighted by Gasteiger charge is -2.28. The number of aryl methyl sites for hydroxylation is 2. The largest absolute Gasteiger partial charge is 0.493 e. The first-order chi connectivity index (χ1) is 39.1. The average molecular weight is 1110 g/mol. The van der Waals surface area contributed by atoms with Crippen LogP contribution in [0.1, 0.15) is 76.3 Å². The Bertz CT molecular complexity index is 2790. The van der Waals surface area contributed by atoms with Gasteiger partial charge in [0, 0.05) is 65.4 Å². The summed E-state index contributed by atoms with van der Waals surface area (Å²) in [6, 6.07) is 12.6. The summed E-state index contributed by atoms with van der Waals surface area (Å²) in [5, 5.41) is 0. The zero-order valence-corrected chi connectivity index (χ0v) is 47.4. The van der Waals surface area contributed by atoms with Crippen molar-refractivity contribution in [2.75, 3.05) is 144 Å². The number of hydrogen-bond acceptors (Lipinski definition) is 20. The van der Waals surface area contributed by atoms with Crippen LogP contribution in [-0.4, -0.2) is 191 Å². The summed E-state index contributed by atoms with van der Waals surface area (Å²) < 4.78 is 48.0. The molecular weight excluding hydrogens is 1030 g/mol. The summed E-state index contributed by atoms with van der Waals surface area (Å²) in [6.07, 6.45) is 7.41. The molecule has 0 amide bonds. The number of anilines is 2. The number of nitrogens with zero attached hydrogens (tertiary/aromatic N) is 10. The minimum Gasteiger partial charge on any atom is -0.493 e. The molecule has 438 valence electrons. The van der Waals surface area contributed by atoms with E-state index in [1.54, 1.807) is 23.4 Å². The Morgan fingerprint density at radius 2 is 1.00 bits per heavy atom. The lowest BCUT2D eigenvalue weighted by atomic mass is 10.1. The van der Waals surface area contributed by atoms with Crippen LogP contribution >= 0.6 is 0 Å². The second kappa shape index (κ2) is 30.8. The Labute approximate surface area is 467 Å². The number of nitrogens with one attached hydrogen (secondary N) is 2. The number of rotatable bonds is 30. The molecule has 7 heterocycles. The molecule has 2 fully saturated rings. The van der Waals surface area contributed by atoms with Crippen molar-refractivity contribution in [3.63, 3.8) is 0 Å². The maximum absolute atomic E-state index is 12.8. The van der Waals surface area contributed by atoms with Crippen LogP contribution in [0, 0.1) is 0 Å². The van der Waals surface area contributed by atoms with Crippen LogP contribution < -0.4 is 51.3 Å². The van der Waals surface area contributed by atoms with Crippen LogP contribution in [0.3, 0.4) is 0 Å². The molecule has 6 aromatic rings. The van der Waals surface area contributed by atoms with E-state index in [0.29, 0.717) is 73.3 Å². The fraction of sp³-hybridized carbons (Fsp3) is 0.607. The molecule has 3 aliphatic heterocycles. The van der Waals surface area contributed by atoms with Crippen molar-refractivity contribution < 1.29 is 37.9 Å². The van der Waals surface area contributed by atoms with Gasteiger partial charge in [-0.15, -0.1) is 0 Å². The van der Waals surface area contributed by atoms with Crippen molar-refractivity contribution >= 4 is 34.0 Å². The Morgan fingerprint density at radius 1 is 0.550 bits per heavy atom. The lowest BCUT2D eigenvalue weighted by Crippen LogP contribution is -2.38. The SMILES string of the molecule is CCCCOc1nc(N)c2[nH]c(=O)n(CCCN(CCCN3CCOCC3)Cc3ccc(OC)c(OC)c3)c2n1.CCCCOc1nc(N)c2[nH]c(=O)n(CCCN(CCCN3CCOCC3)Cc3ccc4c(c3)OCCO4)c2n1. The van der Waals surface area contributed by atoms with E-state index in [1.807, 2.05) is 18.2 Å². The molecule has 24 nitrogen and oxygen atoms in total. The number of methoxy groups -OCH3 is 2. The minimum atomic E-state index is -0.250. The number of H-pyrrole nitrogens is 2. The zero-order valence-electron chi connectivity index (χ0n) is 47.4. The summed E-state index contributed by atoms with van der Waals surface area (Å²) in [7, 11) is 3.29. The van der Waals surface area contributed by atoms with Gasteiger partial charge in [0.25, 0.3) is 0 Å². The van der Waals surface area contributed by atoms with Crippen LogP contribution in [-0.2, 0) is 35.7 Å². The summed E-state index contributed by atoms with van der Waals surface area (Å²) in [4.78, 5) is 58.4. The van der Waals surface area contributed by atoms with Crippen LogP contribution in [0.5, 0.6) is 35.0 Å². The number of benzene rings is 2. The Morgan fingerprint density at radius 3 is 1.48 bits per heavy atom. The number of nitrogen functional groups attached to an aromatic ring is 2. The number of aromatic nitrogens is 8. The molecule has 0 aliphatic carbocycles. The predicted molar refractivity (Wildman–Crippen MR) is 306 cm³/mol. The third-order valence-electron chi connectivity index (χ3n) is 14.4. The molecular formula is C56H84N14O10. The van der Waals surface area contributed by atoms with Crippen molar-refractivity contribution in [1.29, 1.82) is 0 Å². The van der Waals surface area contributed by atoms with Crippen LogP contribution in [0.4, 0.5) is 11.6 Å². The van der Waals surface area contributed by atoms with Gasteiger partial charge in [0.05, 0.1) is 53.9 Å². The van der Waals surface area contributed by atoms with Gasteiger partial charge >= 0.3 is 23.4 Å². The van der Waals surface area contributed by atoms with E-state index in [0.717, 1.165) is 173 Å². The van der Waals surface area contributed by atoms with E-state index in [1.165, 1.54) is 5.56 Å². The van der Waals surface area contributed by atoms with Crippen LogP contribution in [0.25, 0.3) is 22.3 Å². The second-order valence-corrected chi connectivity index (χ2v) is 20.3. The summed E-state index contributed by atoms with van der Waals surface area (Å²) in [5.74, 6) is 3.46. The monoisotopic (exact) mass is 1110 g/mol. The second-order valence-electron chi connectivity index (χ2n) is 20.3. The van der Waals surface area contributed by atoms with Gasteiger partial charge < -0.3 is 59.3 Å². The van der Waals surface area contributed by atoms with E-state index in [-0.39, 0.29) is 35.0 Å². The molecule has 0 radical (unpaired) electrons. The first-order valence-corrected chi connectivity index (χ1v) is 28.5. The number of nitrogens with two attached hydrogens (primary N) is 2. The molecule has 4 aromatic heterocycles. The highest BCUT2D eigenvalue weighted by Gasteiger charge is 2.20. The number of imidazole rings is 2. The molecule has 0 spiro atoms. The van der Waals surface area contributed by atoms with Crippen molar-refractivity contribution in [2.24, 2.45) is 0 Å². The van der Waals surface area contributed by atoms with E-state index in [4.69, 9.17) is 49.4 Å². The molecule has 2 saturated heterocycles. The summed E-state index contributed by atoms with van der Waals surface area (Å²) in [6.45, 7) is 21.6. The predicted octanol–water partition coefficient (Wildman–Crippen LogP) is 4.78. The number of ether oxygens (including phenoxy) is 8. The fourth-order valence-corrected chi connectivity index (χ4v) is 10.0. The summed E-state index contributed by atoms with van der Waals surface area (Å²) in [5.41, 5.74) is 15.9. The quantitative estimate of drug-likeness (QED) is 0.0442. The smallest absolute Gasteiger partial charge is 0.327 e. The van der Waals surface area contributed by atoms with Crippen molar-refractivity contribution in [1.82, 2.24) is 58.6 Å². The van der Waals surface area contributed by atoms with Crippen molar-refractivity contribution in [3.8, 4) is 35.0 Å². The molecule has 0 unspecified atom stereocenters. The number of aromatic amines is 2. The average Bonchev–Trinajstić information content (AvgIpc) is 4.01. The maximum atomic E-state index is 12.8. The number of fused-ring (bicyclic) bond motifs is 3. The van der Waals surface area contributed by atoms with Gasteiger partial charge in [-0.1, -0.05) is 38.8 Å². The lowest BCUT2D eigenvalue weighted by molar-refractivity contribution is 0.0359. The van der Waals surface area contributed by atoms with Gasteiger partial charge in [-0.3, -0.25) is 28.7 Å². The third kappa shape index (κ3) is 16.9. The highest BCUT2D eigenvalue weighted by Crippen LogP contribution is 2.32. The van der Waals surface area contributed by atoms with Crippen molar-refractivity contribution in [2.45, 2.75) is 91.4 Å². The van der Waals surface area contributed by atoms with E-state index < -0.39 is 0 Å². The van der Waals surface area contributed by atoms with Gasteiger partial charge in [-0.25, -0.2) is 9.59 Å². The van der Waals surface area contributed by atoms with Crippen molar-refractivity contribution in [3.05, 3.63) is 68.5 Å². The Balaban J connectivity index is 0.000000210. The van der Waals surface area contributed by atoms with E-state index in [2.05, 4.69) is 81.6 Å². The first-order valence-electron chi connectivity index (χ1n) is 28.5. The van der Waals surface area contributed by atoms with Crippen LogP contribution in [0.2, 0.25) is 0 Å². The van der Waals surface area contributed by atoms with Gasteiger partial charge in [0.2, 0.25) is 0 Å². The number of unbranched alkanes of at least 4 members (excludes halogenated alkanes) is 2. The third-order valence-corrected chi connectivity index (χ3v) is 14.4. The molecule has 3 aliphatic rings. The minimum absolute atomic E-state index is 0.199. The van der Waals surface area contributed by atoms with Gasteiger partial charge in [0.1, 0.15) is 24.2 Å². The molecule has 0 saturated carbocycles. The number of morpholine rings is 2. The molecule has 24 heteroatoms. The van der Waals surface area contributed by atoms with Gasteiger partial charge in [0.15, 0.2) is 45.9 Å². The van der Waals surface area contributed by atoms with E-state index in [9.17, 15) is 9.59 Å². The standard InChI is InChI=1S/C28H41N7O5.C28H43N7O5/c1-2-3-14-40-27-31-25(29)24-26(32-27)35(28(36)30-24)11-5-10-34(9-4-8-33-12-15-37-16-13-33)20-21-6-7-22-23(19-21)39-18-17-38-22;1-4-5-16-40-27-31-25(29)24-26(32-27)35(28(36)30-24)13-7-12-34(11-6-10-33-14-17-39-18-15-33)20-21-8-9-22(37-2)23(19-21)38-3/h6-7,19H,2-5,8-18,20H2,1H3,(H,30,36)(H2,29,31,32);8-9,19H,4-7,10-18,20H2,1-3H3,(H,30,36)(H2,29,31,32). The van der Waals surface area contributed by atoms with Crippen LogP contribution in [0.15, 0.2) is 46.0 Å². The van der Waals surface area contributed by atoms with Gasteiger partial charge in [-0.2, -0.15) is 19.9 Å². The fourth-order valence-electron chi connectivity index (χ4n) is 10.0. The molecule has 0 bridgehead atoms. The summed E-state index contributed by atoms with van der Waals surface area (Å²) >= 11 is 0. The topological polar surface area (TPSA) is 266 Å². The molecule has 6 N–H and O–H groups in total. The molecule has 9 rings (SSSR count).